The molecule has 34 heavy (non-hydrogen) atoms. The third-order valence-electron chi connectivity index (χ3n) is 5.40. The molecule has 0 unspecified atom stereocenters. The third-order valence-corrected chi connectivity index (χ3v) is 8.77. The molecule has 180 valence electrons. The van der Waals surface area contributed by atoms with Gasteiger partial charge in [0.05, 0.1) is 24.5 Å². The van der Waals surface area contributed by atoms with Crippen molar-refractivity contribution in [2.45, 2.75) is 51.5 Å². The second-order valence-electron chi connectivity index (χ2n) is 7.61. The summed E-state index contributed by atoms with van der Waals surface area (Å²) in [5.41, 5.74) is 1.93. The van der Waals surface area contributed by atoms with E-state index >= 15 is 0 Å². The van der Waals surface area contributed by atoms with Crippen LogP contribution in [0, 0.1) is 6.92 Å². The second kappa shape index (κ2) is 10.8. The largest absolute Gasteiger partial charge is 0.462 e. The number of amides is 1. The highest BCUT2D eigenvalue weighted by Crippen LogP contribution is 2.39. The minimum absolute atomic E-state index is 0.102. The number of aromatic nitrogens is 2. The van der Waals surface area contributed by atoms with E-state index in [9.17, 15) is 14.4 Å². The Kier molecular flexibility index (Phi) is 7.84. The van der Waals surface area contributed by atoms with Crippen LogP contribution in [0.25, 0.3) is 10.2 Å². The molecule has 4 rings (SSSR count). The summed E-state index contributed by atoms with van der Waals surface area (Å²) in [5, 5.41) is 4.93. The number of hydrogen-bond acceptors (Lipinski definition) is 10. The number of thioether (sulfide) groups is 1. The van der Waals surface area contributed by atoms with Crippen LogP contribution in [0.15, 0.2) is 11.4 Å². The van der Waals surface area contributed by atoms with Crippen LogP contribution in [0.3, 0.4) is 0 Å². The van der Waals surface area contributed by atoms with Crippen LogP contribution in [-0.2, 0) is 27.1 Å². The van der Waals surface area contributed by atoms with Crippen molar-refractivity contribution >= 4 is 67.5 Å². The van der Waals surface area contributed by atoms with Crippen LogP contribution >= 0.6 is 34.4 Å². The molecule has 0 radical (unpaired) electrons. The molecular formula is C23H25N3O5S3. The number of nitrogens with zero attached hydrogens (tertiary/aromatic N) is 2. The van der Waals surface area contributed by atoms with E-state index in [0.717, 1.165) is 45.8 Å². The number of ether oxygens (including phenoxy) is 2. The smallest absolute Gasteiger partial charge is 0.348 e. The molecule has 0 fully saturated rings. The molecule has 3 aromatic rings. The number of thiophene rings is 2. The van der Waals surface area contributed by atoms with Crippen molar-refractivity contribution < 1.29 is 23.9 Å². The number of esters is 2. The van der Waals surface area contributed by atoms with Crippen LogP contribution in [0.2, 0.25) is 0 Å². The first kappa shape index (κ1) is 24.6. The van der Waals surface area contributed by atoms with E-state index in [2.05, 4.69) is 15.3 Å². The predicted octanol–water partition coefficient (Wildman–Crippen LogP) is 5.02. The number of rotatable bonds is 8. The zero-order valence-corrected chi connectivity index (χ0v) is 21.6. The molecule has 1 aliphatic rings. The Balaban J connectivity index is 1.54. The lowest BCUT2D eigenvalue weighted by Gasteiger charge is -2.11. The van der Waals surface area contributed by atoms with Gasteiger partial charge in [0.2, 0.25) is 5.91 Å². The Morgan fingerprint density at radius 2 is 1.79 bits per heavy atom. The van der Waals surface area contributed by atoms with E-state index in [4.69, 9.17) is 9.47 Å². The van der Waals surface area contributed by atoms with Crippen LogP contribution in [-0.4, -0.2) is 46.8 Å². The minimum atomic E-state index is -0.586. The van der Waals surface area contributed by atoms with Gasteiger partial charge in [-0.15, -0.1) is 22.7 Å². The third kappa shape index (κ3) is 4.96. The minimum Gasteiger partial charge on any atom is -0.462 e. The highest BCUT2D eigenvalue weighted by molar-refractivity contribution is 8.00. The number of nitrogens with one attached hydrogen (secondary N) is 1. The molecule has 1 amide bonds. The first-order valence-electron chi connectivity index (χ1n) is 11.1. The lowest BCUT2D eigenvalue weighted by molar-refractivity contribution is -0.113. The summed E-state index contributed by atoms with van der Waals surface area (Å²) in [6.45, 7) is 5.45. The van der Waals surface area contributed by atoms with Crippen LogP contribution in [0.5, 0.6) is 0 Å². The maximum Gasteiger partial charge on any atom is 0.348 e. The van der Waals surface area contributed by atoms with Crippen LogP contribution in [0.1, 0.15) is 62.7 Å². The molecule has 8 nitrogen and oxygen atoms in total. The van der Waals surface area contributed by atoms with Gasteiger partial charge in [-0.3, -0.25) is 4.79 Å². The summed E-state index contributed by atoms with van der Waals surface area (Å²) in [7, 11) is 0. The average molecular weight is 520 g/mol. The van der Waals surface area contributed by atoms with E-state index in [1.54, 1.807) is 32.1 Å². The summed E-state index contributed by atoms with van der Waals surface area (Å²) >= 11 is 4.08. The van der Waals surface area contributed by atoms with Crippen molar-refractivity contribution in [2.24, 2.45) is 0 Å². The predicted molar refractivity (Wildman–Crippen MR) is 134 cm³/mol. The van der Waals surface area contributed by atoms with E-state index < -0.39 is 11.9 Å². The molecule has 0 bridgehead atoms. The number of hydrogen-bond donors (Lipinski definition) is 1. The SMILES string of the molecule is CCOC(=O)c1sc(NC(=O)CSc2ncnc3sc4c(c23)CCCC4)c(C(=O)OCC)c1C. The lowest BCUT2D eigenvalue weighted by atomic mass is 9.97. The van der Waals surface area contributed by atoms with E-state index in [1.807, 2.05) is 0 Å². The molecule has 0 aromatic carbocycles. The van der Waals surface area contributed by atoms with Gasteiger partial charge in [0.1, 0.15) is 26.1 Å². The molecule has 1 aliphatic carbocycles. The Labute approximate surface area is 209 Å². The fraction of sp³-hybridized carbons (Fsp3) is 0.435. The summed E-state index contributed by atoms with van der Waals surface area (Å²) in [4.78, 5) is 49.2. The Morgan fingerprint density at radius 1 is 1.06 bits per heavy atom. The molecule has 0 saturated heterocycles. The normalized spacial score (nSPS) is 12.9. The molecule has 3 aromatic heterocycles. The monoisotopic (exact) mass is 519 g/mol. The van der Waals surface area contributed by atoms with Crippen LogP contribution in [0.4, 0.5) is 5.00 Å². The lowest BCUT2D eigenvalue weighted by Crippen LogP contribution is -2.16. The quantitative estimate of drug-likeness (QED) is 0.251. The Morgan fingerprint density at radius 3 is 2.56 bits per heavy atom. The molecule has 0 spiro atoms. The van der Waals surface area contributed by atoms with Gasteiger partial charge in [0, 0.05) is 10.3 Å². The number of aryl methyl sites for hydroxylation is 2. The van der Waals surface area contributed by atoms with Crippen molar-refractivity contribution in [2.75, 3.05) is 24.3 Å². The number of carbonyl (C=O) groups excluding carboxylic acids is 3. The fourth-order valence-corrected chi connectivity index (χ4v) is 7.13. The number of carbonyl (C=O) groups is 3. The molecule has 0 atom stereocenters. The van der Waals surface area contributed by atoms with Gasteiger partial charge < -0.3 is 14.8 Å². The molecule has 0 aliphatic heterocycles. The first-order valence-corrected chi connectivity index (χ1v) is 13.7. The molecular weight excluding hydrogens is 494 g/mol. The van der Waals surface area contributed by atoms with E-state index in [-0.39, 0.29) is 40.3 Å². The van der Waals surface area contributed by atoms with E-state index in [0.29, 0.717) is 5.56 Å². The van der Waals surface area contributed by atoms with Crippen molar-refractivity contribution in [1.29, 1.82) is 0 Å². The molecule has 3 heterocycles. The van der Waals surface area contributed by atoms with Gasteiger partial charge in [-0.1, -0.05) is 11.8 Å². The highest BCUT2D eigenvalue weighted by atomic mass is 32.2. The van der Waals surface area contributed by atoms with Gasteiger partial charge in [0.25, 0.3) is 0 Å². The molecule has 11 heteroatoms. The summed E-state index contributed by atoms with van der Waals surface area (Å²) in [5.74, 6) is -1.32. The maximum atomic E-state index is 12.9. The zero-order chi connectivity index (χ0) is 24.2. The number of anilines is 1. The average Bonchev–Trinajstić information content (AvgIpc) is 3.35. The summed E-state index contributed by atoms with van der Waals surface area (Å²) in [6, 6.07) is 0. The Bertz CT molecular complexity index is 1250. The van der Waals surface area contributed by atoms with Gasteiger partial charge >= 0.3 is 11.9 Å². The van der Waals surface area contributed by atoms with Crippen molar-refractivity contribution in [3.05, 3.63) is 32.8 Å². The van der Waals surface area contributed by atoms with Crippen LogP contribution < -0.4 is 5.32 Å². The number of fused-ring (bicyclic) bond motifs is 3. The molecule has 0 saturated carbocycles. The molecule has 1 N–H and O–H groups in total. The second-order valence-corrected chi connectivity index (χ2v) is 10.7. The maximum absolute atomic E-state index is 12.9. The van der Waals surface area contributed by atoms with E-state index in [1.165, 1.54) is 35.0 Å². The summed E-state index contributed by atoms with van der Waals surface area (Å²) in [6.07, 6.45) is 5.96. The van der Waals surface area contributed by atoms with Gasteiger partial charge in [0.15, 0.2) is 0 Å². The highest BCUT2D eigenvalue weighted by Gasteiger charge is 2.27. The van der Waals surface area contributed by atoms with Gasteiger partial charge in [-0.05, 0) is 57.6 Å². The Hall–Kier alpha value is -2.50. The topological polar surface area (TPSA) is 107 Å². The zero-order valence-electron chi connectivity index (χ0n) is 19.2. The van der Waals surface area contributed by atoms with Crippen molar-refractivity contribution in [1.82, 2.24) is 9.97 Å². The van der Waals surface area contributed by atoms with Crippen molar-refractivity contribution in [3.8, 4) is 0 Å². The van der Waals surface area contributed by atoms with Gasteiger partial charge in [-0.2, -0.15) is 0 Å². The fourth-order valence-electron chi connectivity index (χ4n) is 3.91. The van der Waals surface area contributed by atoms with Crippen molar-refractivity contribution in [3.63, 3.8) is 0 Å². The standard InChI is InChI=1S/C23H25N3O5S3/c1-4-30-22(28)16-12(3)18(23(29)31-5-2)34-21(16)26-15(27)10-32-19-17-13-8-6-7-9-14(13)33-20(17)25-11-24-19/h11H,4-10H2,1-3H3,(H,26,27). The first-order chi connectivity index (χ1) is 16.4. The summed E-state index contributed by atoms with van der Waals surface area (Å²) < 4.78 is 10.2. The van der Waals surface area contributed by atoms with Gasteiger partial charge in [-0.25, -0.2) is 19.6 Å².